The van der Waals surface area contributed by atoms with Gasteiger partial charge in [-0.1, -0.05) is 25.0 Å². The van der Waals surface area contributed by atoms with E-state index in [1.165, 1.54) is 12.1 Å². The molecule has 1 saturated carbocycles. The number of nitrogens with one attached hydrogen (secondary N) is 1. The molecule has 1 amide bonds. The molecule has 2 rings (SSSR count). The van der Waals surface area contributed by atoms with E-state index in [2.05, 4.69) is 5.32 Å². The fraction of sp³-hybridized carbons (Fsp3) is 0.471. The number of hydrogen-bond donors (Lipinski definition) is 2. The van der Waals surface area contributed by atoms with Crippen LogP contribution in [0.3, 0.4) is 0 Å². The molecule has 1 aromatic carbocycles. The number of amides is 1. The van der Waals surface area contributed by atoms with Crippen molar-refractivity contribution in [1.82, 2.24) is 5.32 Å². The quantitative estimate of drug-likeness (QED) is 0.838. The number of benzene rings is 1. The maximum atomic E-state index is 12.9. The lowest BCUT2D eigenvalue weighted by Gasteiger charge is -2.30. The van der Waals surface area contributed by atoms with E-state index in [0.717, 1.165) is 31.2 Å². The van der Waals surface area contributed by atoms with Crippen molar-refractivity contribution >= 4 is 12.0 Å². The van der Waals surface area contributed by atoms with Crippen molar-refractivity contribution in [3.63, 3.8) is 0 Å². The topological polar surface area (TPSA) is 49.3 Å². The number of hydrogen-bond acceptors (Lipinski definition) is 2. The number of carbonyl (C=O) groups excluding carboxylic acids is 1. The second-order valence-corrected chi connectivity index (χ2v) is 5.69. The number of rotatable bonds is 4. The van der Waals surface area contributed by atoms with Gasteiger partial charge in [-0.3, -0.25) is 4.79 Å². The molecule has 21 heavy (non-hydrogen) atoms. The highest BCUT2D eigenvalue weighted by Gasteiger charge is 2.25. The molecule has 2 unspecified atom stereocenters. The standard InChI is InChI=1S/C17H22FNO2/c1-12(10-13-6-8-15(18)9-7-13)17(21)19-16-5-3-2-4-14(16)11-20/h6-10,14,16,20H,2-5,11H2,1H3,(H,19,21)/b12-10-. The van der Waals surface area contributed by atoms with Gasteiger partial charge in [0.2, 0.25) is 5.91 Å². The molecule has 2 atom stereocenters. The lowest BCUT2D eigenvalue weighted by atomic mass is 9.85. The second kappa shape index (κ2) is 7.36. The molecule has 1 fully saturated rings. The SMILES string of the molecule is C/C(=C/c1ccc(F)cc1)C(=O)NC1CCCCC1CO. The summed E-state index contributed by atoms with van der Waals surface area (Å²) in [7, 11) is 0. The first-order valence-electron chi connectivity index (χ1n) is 7.45. The van der Waals surface area contributed by atoms with Crippen LogP contribution in [0.25, 0.3) is 6.08 Å². The zero-order valence-electron chi connectivity index (χ0n) is 12.3. The van der Waals surface area contributed by atoms with Crippen LogP contribution in [0, 0.1) is 11.7 Å². The summed E-state index contributed by atoms with van der Waals surface area (Å²) in [5, 5.41) is 12.4. The van der Waals surface area contributed by atoms with Crippen LogP contribution >= 0.6 is 0 Å². The normalized spacial score (nSPS) is 22.9. The Balaban J connectivity index is 2.00. The number of aliphatic hydroxyl groups is 1. The van der Waals surface area contributed by atoms with Crippen molar-refractivity contribution in [2.45, 2.75) is 38.6 Å². The Hall–Kier alpha value is -1.68. The summed E-state index contributed by atoms with van der Waals surface area (Å²) in [4.78, 5) is 12.2. The Morgan fingerprint density at radius 3 is 2.67 bits per heavy atom. The molecule has 2 N–H and O–H groups in total. The van der Waals surface area contributed by atoms with Crippen molar-refractivity contribution in [1.29, 1.82) is 0 Å². The van der Waals surface area contributed by atoms with E-state index in [0.29, 0.717) is 5.57 Å². The van der Waals surface area contributed by atoms with Gasteiger partial charge in [0.05, 0.1) is 0 Å². The molecule has 0 saturated heterocycles. The Morgan fingerprint density at radius 1 is 1.33 bits per heavy atom. The lowest BCUT2D eigenvalue weighted by Crippen LogP contribution is -2.43. The number of carbonyl (C=O) groups is 1. The van der Waals surface area contributed by atoms with Crippen molar-refractivity contribution in [2.75, 3.05) is 6.61 Å². The zero-order chi connectivity index (χ0) is 15.2. The zero-order valence-corrected chi connectivity index (χ0v) is 12.3. The molecule has 0 spiro atoms. The Morgan fingerprint density at radius 2 is 2.00 bits per heavy atom. The van der Waals surface area contributed by atoms with Gasteiger partial charge in [0.25, 0.3) is 0 Å². The summed E-state index contributed by atoms with van der Waals surface area (Å²) < 4.78 is 12.9. The fourth-order valence-electron chi connectivity index (χ4n) is 2.77. The third-order valence-corrected chi connectivity index (χ3v) is 4.07. The number of aliphatic hydroxyl groups excluding tert-OH is 1. The summed E-state index contributed by atoms with van der Waals surface area (Å²) in [5.74, 6) is -0.256. The van der Waals surface area contributed by atoms with E-state index < -0.39 is 0 Å². The van der Waals surface area contributed by atoms with Crippen molar-refractivity contribution < 1.29 is 14.3 Å². The van der Waals surface area contributed by atoms with E-state index in [1.807, 2.05) is 0 Å². The molecule has 1 aromatic rings. The second-order valence-electron chi connectivity index (χ2n) is 5.69. The molecule has 114 valence electrons. The predicted molar refractivity (Wildman–Crippen MR) is 81.0 cm³/mol. The van der Waals surface area contributed by atoms with Gasteiger partial charge in [-0.2, -0.15) is 0 Å². The molecule has 4 heteroatoms. The van der Waals surface area contributed by atoms with E-state index in [-0.39, 0.29) is 30.3 Å². The average molecular weight is 291 g/mol. The first kappa shape index (κ1) is 15.7. The number of halogens is 1. The van der Waals surface area contributed by atoms with Gasteiger partial charge >= 0.3 is 0 Å². The smallest absolute Gasteiger partial charge is 0.247 e. The molecular formula is C17H22FNO2. The summed E-state index contributed by atoms with van der Waals surface area (Å²) in [6.45, 7) is 1.86. The van der Waals surface area contributed by atoms with E-state index in [9.17, 15) is 14.3 Å². The summed E-state index contributed by atoms with van der Waals surface area (Å²) in [6, 6.07) is 6.08. The summed E-state index contributed by atoms with van der Waals surface area (Å²) >= 11 is 0. The molecule has 0 aromatic heterocycles. The summed E-state index contributed by atoms with van der Waals surface area (Å²) in [5.41, 5.74) is 1.38. The van der Waals surface area contributed by atoms with Crippen LogP contribution in [0.2, 0.25) is 0 Å². The summed E-state index contributed by atoms with van der Waals surface area (Å²) in [6.07, 6.45) is 5.82. The van der Waals surface area contributed by atoms with E-state index in [1.54, 1.807) is 25.1 Å². The van der Waals surface area contributed by atoms with Crippen LogP contribution in [-0.2, 0) is 4.79 Å². The van der Waals surface area contributed by atoms with Crippen LogP contribution in [0.5, 0.6) is 0 Å². The monoisotopic (exact) mass is 291 g/mol. The van der Waals surface area contributed by atoms with Crippen LogP contribution in [0.4, 0.5) is 4.39 Å². The van der Waals surface area contributed by atoms with E-state index in [4.69, 9.17) is 0 Å². The maximum absolute atomic E-state index is 12.9. The maximum Gasteiger partial charge on any atom is 0.247 e. The Kier molecular flexibility index (Phi) is 5.51. The molecule has 0 radical (unpaired) electrons. The molecule has 0 bridgehead atoms. The van der Waals surface area contributed by atoms with Gasteiger partial charge in [0.15, 0.2) is 0 Å². The van der Waals surface area contributed by atoms with Crippen LogP contribution in [0.15, 0.2) is 29.8 Å². The van der Waals surface area contributed by atoms with Crippen LogP contribution in [0.1, 0.15) is 38.2 Å². The fourth-order valence-corrected chi connectivity index (χ4v) is 2.77. The predicted octanol–water partition coefficient (Wildman–Crippen LogP) is 2.90. The lowest BCUT2D eigenvalue weighted by molar-refractivity contribution is -0.118. The van der Waals surface area contributed by atoms with E-state index >= 15 is 0 Å². The van der Waals surface area contributed by atoms with Gasteiger partial charge < -0.3 is 10.4 Å². The van der Waals surface area contributed by atoms with Gasteiger partial charge in [0.1, 0.15) is 5.82 Å². The molecule has 1 aliphatic carbocycles. The largest absolute Gasteiger partial charge is 0.396 e. The minimum absolute atomic E-state index is 0.0489. The Labute approximate surface area is 124 Å². The Bertz CT molecular complexity index is 510. The highest BCUT2D eigenvalue weighted by Crippen LogP contribution is 2.24. The first-order chi connectivity index (χ1) is 10.1. The van der Waals surface area contributed by atoms with Gasteiger partial charge in [-0.25, -0.2) is 4.39 Å². The van der Waals surface area contributed by atoms with Crippen molar-refractivity contribution in [2.24, 2.45) is 5.92 Å². The van der Waals surface area contributed by atoms with Gasteiger partial charge in [-0.15, -0.1) is 0 Å². The van der Waals surface area contributed by atoms with Crippen LogP contribution < -0.4 is 5.32 Å². The van der Waals surface area contributed by atoms with Gasteiger partial charge in [-0.05, 0) is 43.5 Å². The third-order valence-electron chi connectivity index (χ3n) is 4.07. The van der Waals surface area contributed by atoms with Crippen molar-refractivity contribution in [3.8, 4) is 0 Å². The van der Waals surface area contributed by atoms with Crippen molar-refractivity contribution in [3.05, 3.63) is 41.2 Å². The molecular weight excluding hydrogens is 269 g/mol. The molecule has 3 nitrogen and oxygen atoms in total. The minimum Gasteiger partial charge on any atom is -0.396 e. The van der Waals surface area contributed by atoms with Crippen LogP contribution in [-0.4, -0.2) is 23.7 Å². The van der Waals surface area contributed by atoms with Gasteiger partial charge in [0, 0.05) is 24.1 Å². The molecule has 0 heterocycles. The highest BCUT2D eigenvalue weighted by molar-refractivity contribution is 5.97. The molecule has 0 aliphatic heterocycles. The highest BCUT2D eigenvalue weighted by atomic mass is 19.1. The minimum atomic E-state index is -0.290. The third kappa shape index (κ3) is 4.39. The first-order valence-corrected chi connectivity index (χ1v) is 7.45. The average Bonchev–Trinajstić information content (AvgIpc) is 2.50. The molecule has 1 aliphatic rings.